The molecule has 1 fully saturated rings. The molecule has 0 bridgehead atoms. The van der Waals surface area contributed by atoms with E-state index in [1.165, 1.54) is 11.3 Å². The van der Waals surface area contributed by atoms with Crippen LogP contribution in [0.4, 0.5) is 13.2 Å². The number of benzene rings is 1. The molecule has 1 N–H and O–H groups in total. The van der Waals surface area contributed by atoms with Gasteiger partial charge in [-0.05, 0) is 38.5 Å². The van der Waals surface area contributed by atoms with Crippen molar-refractivity contribution < 1.29 is 27.4 Å². The van der Waals surface area contributed by atoms with Crippen LogP contribution < -0.4 is 10.1 Å². The predicted octanol–water partition coefficient (Wildman–Crippen LogP) is 4.93. The van der Waals surface area contributed by atoms with Crippen molar-refractivity contribution in [2.45, 2.75) is 45.2 Å². The summed E-state index contributed by atoms with van der Waals surface area (Å²) in [6.07, 6.45) is 0.517. The van der Waals surface area contributed by atoms with Crippen LogP contribution in [0.15, 0.2) is 36.8 Å². The number of hydrogen-bond acceptors (Lipinski definition) is 7. The Hall–Kier alpha value is -3.05. The van der Waals surface area contributed by atoms with Gasteiger partial charge in [-0.25, -0.2) is 15.0 Å². The van der Waals surface area contributed by atoms with E-state index in [0.717, 1.165) is 40.7 Å². The van der Waals surface area contributed by atoms with Crippen molar-refractivity contribution in [1.29, 1.82) is 0 Å². The topological polar surface area (TPSA) is 86.2 Å². The molecule has 0 unspecified atom stereocenters. The van der Waals surface area contributed by atoms with E-state index in [4.69, 9.17) is 9.47 Å². The molecule has 1 saturated heterocycles. The fourth-order valence-corrected chi connectivity index (χ4v) is 4.03. The number of halogens is 3. The van der Waals surface area contributed by atoms with Crippen LogP contribution in [-0.2, 0) is 10.9 Å². The smallest absolute Gasteiger partial charge is 0.451 e. The highest BCUT2D eigenvalue weighted by Gasteiger charge is 2.34. The number of carbonyl (C=O) groups is 1. The average Bonchev–Trinajstić information content (AvgIpc) is 3.44. The van der Waals surface area contributed by atoms with Gasteiger partial charge in [0.15, 0.2) is 6.29 Å². The van der Waals surface area contributed by atoms with Crippen LogP contribution in [0.25, 0.3) is 10.6 Å². The van der Waals surface area contributed by atoms with E-state index in [1.807, 2.05) is 13.0 Å². The second-order valence-electron chi connectivity index (χ2n) is 7.62. The monoisotopic (exact) mass is 478 g/mol. The number of amides is 1. The molecular formula is C22H21F3N4O3S. The number of alkyl halides is 3. The number of aromatic nitrogens is 3. The summed E-state index contributed by atoms with van der Waals surface area (Å²) in [5.41, 5.74) is 1.39. The Labute approximate surface area is 192 Å². The zero-order valence-electron chi connectivity index (χ0n) is 17.8. The van der Waals surface area contributed by atoms with Gasteiger partial charge in [-0.2, -0.15) is 13.2 Å². The Kier molecular flexibility index (Phi) is 6.61. The van der Waals surface area contributed by atoms with Gasteiger partial charge in [0, 0.05) is 46.6 Å². The van der Waals surface area contributed by atoms with Crippen LogP contribution in [0.2, 0.25) is 0 Å². The highest BCUT2D eigenvalue weighted by Crippen LogP contribution is 2.31. The van der Waals surface area contributed by atoms with Crippen LogP contribution in [0.5, 0.6) is 5.75 Å². The molecular weight excluding hydrogens is 457 g/mol. The minimum Gasteiger partial charge on any atom is -0.465 e. The number of thiazole rings is 1. The summed E-state index contributed by atoms with van der Waals surface area (Å²) in [6.45, 7) is 4.20. The normalized spacial score (nSPS) is 17.1. The molecule has 1 aromatic carbocycles. The Morgan fingerprint density at radius 2 is 1.97 bits per heavy atom. The van der Waals surface area contributed by atoms with E-state index in [1.54, 1.807) is 25.3 Å². The first-order valence-electron chi connectivity index (χ1n) is 10.2. The molecule has 33 heavy (non-hydrogen) atoms. The number of nitrogens with one attached hydrogen (secondary N) is 1. The number of nitrogens with zero attached hydrogens (tertiary/aromatic N) is 3. The molecule has 3 aromatic rings. The Morgan fingerprint density at radius 3 is 2.58 bits per heavy atom. The SMILES string of the molecule is Cc1cnc(-c2cc(O[C@H]3CCCO3)cc(C(=O)N[C@H](C)c3cnc(C(F)(F)F)nc3)c2)s1. The van der Waals surface area contributed by atoms with Gasteiger partial charge in [0.25, 0.3) is 5.91 Å². The first-order valence-corrected chi connectivity index (χ1v) is 11.1. The van der Waals surface area contributed by atoms with Crippen molar-refractivity contribution >= 4 is 17.2 Å². The lowest BCUT2D eigenvalue weighted by atomic mass is 10.1. The highest BCUT2D eigenvalue weighted by atomic mass is 32.1. The quantitative estimate of drug-likeness (QED) is 0.541. The molecule has 0 aliphatic carbocycles. The number of hydrogen-bond donors (Lipinski definition) is 1. The summed E-state index contributed by atoms with van der Waals surface area (Å²) in [5.74, 6) is -1.18. The van der Waals surface area contributed by atoms with E-state index < -0.39 is 23.9 Å². The third-order valence-electron chi connectivity index (χ3n) is 4.97. The maximum Gasteiger partial charge on any atom is 0.451 e. The number of aryl methyl sites for hydroxylation is 1. The van der Waals surface area contributed by atoms with Crippen molar-refractivity contribution in [3.05, 3.63) is 58.6 Å². The minimum absolute atomic E-state index is 0.327. The van der Waals surface area contributed by atoms with Crippen LogP contribution in [0, 0.1) is 6.92 Å². The second kappa shape index (κ2) is 9.44. The first-order chi connectivity index (χ1) is 15.7. The van der Waals surface area contributed by atoms with Gasteiger partial charge in [0.05, 0.1) is 12.6 Å². The Morgan fingerprint density at radius 1 is 1.21 bits per heavy atom. The number of carbonyl (C=O) groups excluding carboxylic acids is 1. The highest BCUT2D eigenvalue weighted by molar-refractivity contribution is 7.14. The third kappa shape index (κ3) is 5.66. The Balaban J connectivity index is 1.56. The van der Waals surface area contributed by atoms with E-state index >= 15 is 0 Å². The summed E-state index contributed by atoms with van der Waals surface area (Å²) in [4.78, 5) is 25.1. The first kappa shape index (κ1) is 23.1. The van der Waals surface area contributed by atoms with E-state index in [-0.39, 0.29) is 6.29 Å². The molecule has 0 radical (unpaired) electrons. The van der Waals surface area contributed by atoms with Crippen molar-refractivity contribution in [2.24, 2.45) is 0 Å². The van der Waals surface area contributed by atoms with Crippen molar-refractivity contribution in [3.8, 4) is 16.3 Å². The molecule has 0 saturated carbocycles. The fourth-order valence-electron chi connectivity index (χ4n) is 3.27. The van der Waals surface area contributed by atoms with Gasteiger partial charge < -0.3 is 14.8 Å². The molecule has 1 aliphatic heterocycles. The average molecular weight is 478 g/mol. The zero-order valence-corrected chi connectivity index (χ0v) is 18.7. The molecule has 2 atom stereocenters. The zero-order chi connectivity index (χ0) is 23.6. The number of ether oxygens (including phenoxy) is 2. The summed E-state index contributed by atoms with van der Waals surface area (Å²) >= 11 is 1.49. The summed E-state index contributed by atoms with van der Waals surface area (Å²) in [7, 11) is 0. The fraction of sp³-hybridized carbons (Fsp3) is 0.364. The second-order valence-corrected chi connectivity index (χ2v) is 8.85. The summed E-state index contributed by atoms with van der Waals surface area (Å²) < 4.78 is 49.5. The maximum atomic E-state index is 13.0. The van der Waals surface area contributed by atoms with Gasteiger partial charge in [-0.15, -0.1) is 11.3 Å². The van der Waals surface area contributed by atoms with E-state index in [2.05, 4.69) is 20.3 Å². The molecule has 1 amide bonds. The van der Waals surface area contributed by atoms with Crippen molar-refractivity contribution in [3.63, 3.8) is 0 Å². The Bertz CT molecular complexity index is 1130. The van der Waals surface area contributed by atoms with Gasteiger partial charge in [-0.3, -0.25) is 4.79 Å². The summed E-state index contributed by atoms with van der Waals surface area (Å²) in [5, 5.41) is 3.51. The number of rotatable bonds is 6. The summed E-state index contributed by atoms with van der Waals surface area (Å²) in [6, 6.07) is 4.50. The molecule has 174 valence electrons. The lowest BCUT2D eigenvalue weighted by molar-refractivity contribution is -0.145. The molecule has 7 nitrogen and oxygen atoms in total. The van der Waals surface area contributed by atoms with Gasteiger partial charge >= 0.3 is 6.18 Å². The maximum absolute atomic E-state index is 13.0. The van der Waals surface area contributed by atoms with Gasteiger partial charge in [0.2, 0.25) is 5.82 Å². The lowest BCUT2D eigenvalue weighted by Crippen LogP contribution is -2.27. The molecule has 4 rings (SSSR count). The van der Waals surface area contributed by atoms with Gasteiger partial charge in [-0.1, -0.05) is 0 Å². The van der Waals surface area contributed by atoms with Crippen molar-refractivity contribution in [1.82, 2.24) is 20.3 Å². The standard InChI is InChI=1S/C22H21F3N4O3S/c1-12-9-26-20(33-12)15-6-14(7-17(8-15)32-18-4-3-5-31-18)19(30)29-13(2)16-10-27-21(28-11-16)22(23,24)25/h6-11,13,18H,3-5H2,1-2H3,(H,29,30)/t13-,18+/m1/s1. The van der Waals surface area contributed by atoms with Crippen LogP contribution >= 0.6 is 11.3 Å². The molecule has 2 aromatic heterocycles. The largest absolute Gasteiger partial charge is 0.465 e. The molecule has 11 heteroatoms. The predicted molar refractivity (Wildman–Crippen MR) is 115 cm³/mol. The minimum atomic E-state index is -4.63. The van der Waals surface area contributed by atoms with Crippen LogP contribution in [-0.4, -0.2) is 33.8 Å². The van der Waals surface area contributed by atoms with E-state index in [0.29, 0.717) is 23.5 Å². The lowest BCUT2D eigenvalue weighted by Gasteiger charge is -2.17. The van der Waals surface area contributed by atoms with Gasteiger partial charge in [0.1, 0.15) is 10.8 Å². The molecule has 0 spiro atoms. The van der Waals surface area contributed by atoms with Crippen LogP contribution in [0.1, 0.15) is 52.4 Å². The van der Waals surface area contributed by atoms with E-state index in [9.17, 15) is 18.0 Å². The van der Waals surface area contributed by atoms with Crippen molar-refractivity contribution in [2.75, 3.05) is 6.61 Å². The third-order valence-corrected chi connectivity index (χ3v) is 5.93. The molecule has 1 aliphatic rings. The van der Waals surface area contributed by atoms with Crippen LogP contribution in [0.3, 0.4) is 0 Å². The molecule has 3 heterocycles.